The summed E-state index contributed by atoms with van der Waals surface area (Å²) in [6.45, 7) is 7.39. The molecule has 0 aromatic carbocycles. The fraction of sp³-hybridized carbons (Fsp3) is 0.562. The molecule has 0 aliphatic heterocycles. The van der Waals surface area contributed by atoms with E-state index in [2.05, 4.69) is 52.8 Å². The molecular weight excluding hydrogens is 280 g/mol. The van der Waals surface area contributed by atoms with Crippen LogP contribution >= 0.6 is 11.5 Å². The van der Waals surface area contributed by atoms with Gasteiger partial charge in [0, 0.05) is 18.3 Å². The summed E-state index contributed by atoms with van der Waals surface area (Å²) in [5.41, 5.74) is 3.54. The number of nitrogens with zero attached hydrogens (tertiary/aromatic N) is 3. The Morgan fingerprint density at radius 3 is 2.71 bits per heavy atom. The van der Waals surface area contributed by atoms with Crippen molar-refractivity contribution in [1.82, 2.24) is 19.9 Å². The molecule has 0 saturated heterocycles. The summed E-state index contributed by atoms with van der Waals surface area (Å²) in [7, 11) is 0. The van der Waals surface area contributed by atoms with Crippen molar-refractivity contribution in [3.8, 4) is 0 Å². The Bertz CT molecular complexity index is 535. The summed E-state index contributed by atoms with van der Waals surface area (Å²) < 4.78 is 4.14. The fourth-order valence-corrected chi connectivity index (χ4v) is 3.16. The largest absolute Gasteiger partial charge is 0.309 e. The van der Waals surface area contributed by atoms with Crippen LogP contribution in [0.5, 0.6) is 0 Å². The fourth-order valence-electron chi connectivity index (χ4n) is 2.39. The van der Waals surface area contributed by atoms with Crippen LogP contribution in [0.3, 0.4) is 0 Å². The second kappa shape index (κ2) is 8.20. The van der Waals surface area contributed by atoms with Gasteiger partial charge in [-0.15, -0.1) is 5.10 Å². The summed E-state index contributed by atoms with van der Waals surface area (Å²) in [5, 5.41) is 7.84. The maximum absolute atomic E-state index is 4.58. The number of likely N-dealkylation sites (N-methyl/N-ethyl adjacent to an activating group) is 1. The number of nitrogens with one attached hydrogen (secondary N) is 1. The van der Waals surface area contributed by atoms with Gasteiger partial charge in [0.15, 0.2) is 0 Å². The lowest BCUT2D eigenvalue weighted by Gasteiger charge is -2.16. The predicted octanol–water partition coefficient (Wildman–Crippen LogP) is 3.34. The van der Waals surface area contributed by atoms with Crippen molar-refractivity contribution in [2.45, 2.75) is 52.5 Å². The van der Waals surface area contributed by atoms with Gasteiger partial charge in [-0.05, 0) is 42.5 Å². The SMILES string of the molecule is CCCc1nnsc1C(Cc1ccc(CC)cn1)NCC. The highest BCUT2D eigenvalue weighted by Crippen LogP contribution is 2.24. The van der Waals surface area contributed by atoms with E-state index in [4.69, 9.17) is 0 Å². The van der Waals surface area contributed by atoms with Crippen LogP contribution in [0, 0.1) is 0 Å². The van der Waals surface area contributed by atoms with Gasteiger partial charge in [0.25, 0.3) is 0 Å². The third-order valence-corrected chi connectivity index (χ3v) is 4.43. The summed E-state index contributed by atoms with van der Waals surface area (Å²) in [6.07, 6.45) is 5.99. The predicted molar refractivity (Wildman–Crippen MR) is 87.6 cm³/mol. The molecule has 0 fully saturated rings. The molecule has 21 heavy (non-hydrogen) atoms. The Morgan fingerprint density at radius 1 is 1.24 bits per heavy atom. The number of hydrogen-bond donors (Lipinski definition) is 1. The van der Waals surface area contributed by atoms with Crippen molar-refractivity contribution in [2.75, 3.05) is 6.54 Å². The minimum Gasteiger partial charge on any atom is -0.309 e. The summed E-state index contributed by atoms with van der Waals surface area (Å²) in [5.74, 6) is 0. The molecule has 114 valence electrons. The summed E-state index contributed by atoms with van der Waals surface area (Å²) >= 11 is 1.51. The molecule has 0 bridgehead atoms. The zero-order valence-corrected chi connectivity index (χ0v) is 13.9. The van der Waals surface area contributed by atoms with E-state index in [1.54, 1.807) is 0 Å². The molecule has 0 amide bonds. The quantitative estimate of drug-likeness (QED) is 0.812. The highest BCUT2D eigenvalue weighted by molar-refractivity contribution is 7.05. The Hall–Kier alpha value is -1.33. The van der Waals surface area contributed by atoms with Crippen molar-refractivity contribution in [3.05, 3.63) is 40.2 Å². The summed E-state index contributed by atoms with van der Waals surface area (Å²) in [6, 6.07) is 4.57. The molecule has 0 saturated carbocycles. The lowest BCUT2D eigenvalue weighted by atomic mass is 10.1. The van der Waals surface area contributed by atoms with Crippen LogP contribution in [0.2, 0.25) is 0 Å². The molecule has 1 unspecified atom stereocenters. The minimum absolute atomic E-state index is 0.261. The molecule has 2 heterocycles. The normalized spacial score (nSPS) is 12.5. The van der Waals surface area contributed by atoms with Crippen LogP contribution < -0.4 is 5.32 Å². The zero-order valence-electron chi connectivity index (χ0n) is 13.1. The van der Waals surface area contributed by atoms with E-state index in [0.29, 0.717) is 0 Å². The second-order valence-electron chi connectivity index (χ2n) is 5.16. The lowest BCUT2D eigenvalue weighted by Crippen LogP contribution is -2.23. The molecule has 0 radical (unpaired) electrons. The molecule has 0 aliphatic carbocycles. The van der Waals surface area contributed by atoms with Gasteiger partial charge < -0.3 is 5.32 Å². The average Bonchev–Trinajstić information content (AvgIpc) is 2.96. The van der Waals surface area contributed by atoms with Crippen LogP contribution in [-0.2, 0) is 19.3 Å². The lowest BCUT2D eigenvalue weighted by molar-refractivity contribution is 0.546. The molecule has 2 aromatic rings. The molecule has 0 spiro atoms. The average molecular weight is 304 g/mol. The van der Waals surface area contributed by atoms with Gasteiger partial charge in [-0.1, -0.05) is 37.7 Å². The first kappa shape index (κ1) is 16.0. The van der Waals surface area contributed by atoms with E-state index in [-0.39, 0.29) is 6.04 Å². The number of aryl methyl sites for hydroxylation is 2. The monoisotopic (exact) mass is 304 g/mol. The Kier molecular flexibility index (Phi) is 6.26. The first-order valence-corrected chi connectivity index (χ1v) is 8.54. The third-order valence-electron chi connectivity index (χ3n) is 3.55. The van der Waals surface area contributed by atoms with Crippen molar-refractivity contribution in [1.29, 1.82) is 0 Å². The highest BCUT2D eigenvalue weighted by Gasteiger charge is 2.19. The van der Waals surface area contributed by atoms with Crippen LogP contribution in [-0.4, -0.2) is 21.1 Å². The third kappa shape index (κ3) is 4.32. The van der Waals surface area contributed by atoms with Crippen LogP contribution in [0.4, 0.5) is 0 Å². The van der Waals surface area contributed by atoms with Crippen molar-refractivity contribution in [3.63, 3.8) is 0 Å². The van der Waals surface area contributed by atoms with Gasteiger partial charge in [0.05, 0.1) is 16.6 Å². The molecular formula is C16H24N4S. The Balaban J connectivity index is 2.15. The number of rotatable bonds is 8. The molecule has 0 aliphatic rings. The molecule has 2 rings (SSSR count). The van der Waals surface area contributed by atoms with Gasteiger partial charge in [-0.3, -0.25) is 4.98 Å². The molecule has 2 aromatic heterocycles. The standard InChI is InChI=1S/C16H24N4S/c1-4-7-14-16(21-20-19-14)15(17-6-3)10-13-9-8-12(5-2)11-18-13/h8-9,11,15,17H,4-7,10H2,1-3H3. The number of aromatic nitrogens is 3. The van der Waals surface area contributed by atoms with Crippen LogP contribution in [0.1, 0.15) is 55.1 Å². The molecule has 5 heteroatoms. The van der Waals surface area contributed by atoms with E-state index >= 15 is 0 Å². The zero-order chi connectivity index (χ0) is 15.1. The molecule has 4 nitrogen and oxygen atoms in total. The van der Waals surface area contributed by atoms with E-state index in [1.165, 1.54) is 22.0 Å². The van der Waals surface area contributed by atoms with Gasteiger partial charge >= 0.3 is 0 Å². The molecule has 1 N–H and O–H groups in total. The Labute approximate surface area is 131 Å². The van der Waals surface area contributed by atoms with Gasteiger partial charge in [-0.25, -0.2) is 0 Å². The van der Waals surface area contributed by atoms with E-state index in [0.717, 1.165) is 43.6 Å². The van der Waals surface area contributed by atoms with Crippen LogP contribution in [0.25, 0.3) is 0 Å². The summed E-state index contributed by atoms with van der Waals surface area (Å²) in [4.78, 5) is 5.84. The Morgan fingerprint density at radius 2 is 2.10 bits per heavy atom. The van der Waals surface area contributed by atoms with Crippen LogP contribution in [0.15, 0.2) is 18.3 Å². The maximum atomic E-state index is 4.58. The van der Waals surface area contributed by atoms with E-state index < -0.39 is 0 Å². The van der Waals surface area contributed by atoms with E-state index in [9.17, 15) is 0 Å². The second-order valence-corrected chi connectivity index (χ2v) is 5.95. The first-order valence-electron chi connectivity index (χ1n) is 7.76. The van der Waals surface area contributed by atoms with Gasteiger partial charge in [0.2, 0.25) is 0 Å². The number of hydrogen-bond acceptors (Lipinski definition) is 5. The van der Waals surface area contributed by atoms with Crippen molar-refractivity contribution < 1.29 is 0 Å². The van der Waals surface area contributed by atoms with Crippen molar-refractivity contribution in [2.24, 2.45) is 0 Å². The maximum Gasteiger partial charge on any atom is 0.0803 e. The van der Waals surface area contributed by atoms with Gasteiger partial charge in [-0.2, -0.15) is 0 Å². The smallest absolute Gasteiger partial charge is 0.0803 e. The van der Waals surface area contributed by atoms with E-state index in [1.807, 2.05) is 6.20 Å². The van der Waals surface area contributed by atoms with Crippen molar-refractivity contribution >= 4 is 11.5 Å². The van der Waals surface area contributed by atoms with Gasteiger partial charge in [0.1, 0.15) is 0 Å². The first-order chi connectivity index (χ1) is 10.3. The highest BCUT2D eigenvalue weighted by atomic mass is 32.1. The topological polar surface area (TPSA) is 50.7 Å². The molecule has 1 atom stereocenters. The minimum atomic E-state index is 0.261. The number of pyridine rings is 1.